The minimum atomic E-state index is 0.0174. The van der Waals surface area contributed by atoms with Crippen LogP contribution in [0.25, 0.3) is 10.6 Å². The van der Waals surface area contributed by atoms with E-state index in [2.05, 4.69) is 15.4 Å². The van der Waals surface area contributed by atoms with Crippen LogP contribution in [0.2, 0.25) is 0 Å². The highest BCUT2D eigenvalue weighted by Crippen LogP contribution is 2.11. The fourth-order valence-corrected chi connectivity index (χ4v) is 3.33. The van der Waals surface area contributed by atoms with Crippen molar-refractivity contribution in [1.82, 2.24) is 24.5 Å². The second-order valence-corrected chi connectivity index (χ2v) is 6.60. The first-order valence-electron chi connectivity index (χ1n) is 8.05. The highest BCUT2D eigenvalue weighted by atomic mass is 32.1. The molecule has 0 aliphatic carbocycles. The summed E-state index contributed by atoms with van der Waals surface area (Å²) in [5.74, 6) is 0.0174. The van der Waals surface area contributed by atoms with Crippen molar-refractivity contribution in [3.05, 3.63) is 71.8 Å². The van der Waals surface area contributed by atoms with Crippen LogP contribution in [0.3, 0.4) is 0 Å². The number of thiazole rings is 1. The summed E-state index contributed by atoms with van der Waals surface area (Å²) < 4.78 is 3.79. The lowest BCUT2D eigenvalue weighted by molar-refractivity contribution is -0.121. The topological polar surface area (TPSA) is 64.2 Å². The van der Waals surface area contributed by atoms with Crippen molar-refractivity contribution in [2.75, 3.05) is 0 Å². The Labute approximate surface area is 148 Å². The molecular formula is C18H17N5OS. The molecule has 4 aromatic rings. The molecule has 7 heteroatoms. The Bertz CT molecular complexity index is 957. The summed E-state index contributed by atoms with van der Waals surface area (Å²) >= 11 is 1.58. The van der Waals surface area contributed by atoms with Gasteiger partial charge < -0.3 is 5.32 Å². The number of para-hydroxylation sites is 1. The molecule has 0 saturated carbocycles. The summed E-state index contributed by atoms with van der Waals surface area (Å²) in [7, 11) is 0. The van der Waals surface area contributed by atoms with Crippen LogP contribution in [0.1, 0.15) is 17.7 Å². The van der Waals surface area contributed by atoms with E-state index in [0.29, 0.717) is 19.4 Å². The number of hydrogen-bond acceptors (Lipinski definition) is 4. The smallest absolute Gasteiger partial charge is 0.220 e. The number of carbonyl (C=O) groups is 1. The maximum Gasteiger partial charge on any atom is 0.220 e. The van der Waals surface area contributed by atoms with Crippen molar-refractivity contribution in [3.63, 3.8) is 0 Å². The van der Waals surface area contributed by atoms with E-state index >= 15 is 0 Å². The molecule has 0 radical (unpaired) electrons. The second-order valence-electron chi connectivity index (χ2n) is 5.73. The number of rotatable bonds is 6. The molecule has 0 saturated heterocycles. The quantitative estimate of drug-likeness (QED) is 0.581. The highest BCUT2D eigenvalue weighted by Gasteiger charge is 2.07. The van der Waals surface area contributed by atoms with Gasteiger partial charge >= 0.3 is 0 Å². The third kappa shape index (κ3) is 3.61. The Kier molecular flexibility index (Phi) is 4.30. The van der Waals surface area contributed by atoms with E-state index < -0.39 is 0 Å². The maximum absolute atomic E-state index is 12.0. The zero-order valence-electron chi connectivity index (χ0n) is 13.5. The number of fused-ring (bicyclic) bond motifs is 1. The van der Waals surface area contributed by atoms with Gasteiger partial charge in [-0.1, -0.05) is 18.2 Å². The van der Waals surface area contributed by atoms with Gasteiger partial charge in [-0.2, -0.15) is 5.10 Å². The summed E-state index contributed by atoms with van der Waals surface area (Å²) in [4.78, 5) is 17.4. The molecule has 3 aromatic heterocycles. The average molecular weight is 351 g/mol. The monoisotopic (exact) mass is 351 g/mol. The molecule has 0 atom stereocenters. The molecular weight excluding hydrogens is 334 g/mol. The summed E-state index contributed by atoms with van der Waals surface area (Å²) in [6, 6.07) is 9.93. The van der Waals surface area contributed by atoms with E-state index in [9.17, 15) is 4.79 Å². The summed E-state index contributed by atoms with van der Waals surface area (Å²) in [6.45, 7) is 0.455. The number of benzene rings is 1. The van der Waals surface area contributed by atoms with Gasteiger partial charge in [-0.3, -0.25) is 9.20 Å². The van der Waals surface area contributed by atoms with Gasteiger partial charge in [0.05, 0.1) is 24.1 Å². The van der Waals surface area contributed by atoms with Gasteiger partial charge in [0.15, 0.2) is 4.96 Å². The first kappa shape index (κ1) is 15.6. The van der Waals surface area contributed by atoms with E-state index in [1.165, 1.54) is 0 Å². The standard InChI is InChI=1S/C18H17N5OS/c24-17(19-11-15-13-22-8-9-25-18(22)21-15)7-6-14-10-20-23(12-14)16-4-2-1-3-5-16/h1-5,8-10,12-13H,6-7,11H2,(H,19,24). The van der Waals surface area contributed by atoms with Crippen LogP contribution < -0.4 is 5.32 Å². The first-order chi connectivity index (χ1) is 12.3. The van der Waals surface area contributed by atoms with Gasteiger partial charge in [0, 0.05) is 30.4 Å². The highest BCUT2D eigenvalue weighted by molar-refractivity contribution is 7.15. The molecule has 1 aromatic carbocycles. The normalized spacial score (nSPS) is 11.0. The molecule has 0 bridgehead atoms. The molecule has 1 amide bonds. The number of hydrogen-bond donors (Lipinski definition) is 1. The molecule has 126 valence electrons. The molecule has 3 heterocycles. The van der Waals surface area contributed by atoms with Crippen LogP contribution in [-0.4, -0.2) is 25.1 Å². The van der Waals surface area contributed by atoms with Gasteiger partial charge in [-0.05, 0) is 24.1 Å². The molecule has 0 fully saturated rings. The lowest BCUT2D eigenvalue weighted by Gasteiger charge is -2.02. The largest absolute Gasteiger partial charge is 0.350 e. The molecule has 4 rings (SSSR count). The van der Waals surface area contributed by atoms with Gasteiger partial charge in [0.2, 0.25) is 5.91 Å². The van der Waals surface area contributed by atoms with Crippen molar-refractivity contribution in [1.29, 1.82) is 0 Å². The molecule has 0 spiro atoms. The number of imidazole rings is 1. The molecule has 0 aliphatic heterocycles. The van der Waals surface area contributed by atoms with Crippen molar-refractivity contribution in [3.8, 4) is 5.69 Å². The fourth-order valence-electron chi connectivity index (χ4n) is 2.61. The summed E-state index contributed by atoms with van der Waals surface area (Å²) in [5, 5.41) is 9.26. The predicted molar refractivity (Wildman–Crippen MR) is 96.8 cm³/mol. The molecule has 25 heavy (non-hydrogen) atoms. The second kappa shape index (κ2) is 6.90. The van der Waals surface area contributed by atoms with Gasteiger partial charge in [-0.25, -0.2) is 9.67 Å². The van der Waals surface area contributed by atoms with E-state index in [4.69, 9.17) is 0 Å². The third-order valence-corrected chi connectivity index (χ3v) is 4.68. The maximum atomic E-state index is 12.0. The average Bonchev–Trinajstić information content (AvgIpc) is 3.34. The van der Waals surface area contributed by atoms with E-state index in [1.807, 2.05) is 69.6 Å². The number of aromatic nitrogens is 4. The number of nitrogens with zero attached hydrogens (tertiary/aromatic N) is 4. The van der Waals surface area contributed by atoms with Crippen molar-refractivity contribution < 1.29 is 4.79 Å². The number of aryl methyl sites for hydroxylation is 1. The van der Waals surface area contributed by atoms with Crippen molar-refractivity contribution >= 4 is 22.2 Å². The Hall–Kier alpha value is -2.93. The van der Waals surface area contributed by atoms with Crippen LogP contribution >= 0.6 is 11.3 Å². The van der Waals surface area contributed by atoms with Crippen molar-refractivity contribution in [2.24, 2.45) is 0 Å². The number of amides is 1. The molecule has 0 unspecified atom stereocenters. The van der Waals surface area contributed by atoms with Crippen molar-refractivity contribution in [2.45, 2.75) is 19.4 Å². The zero-order valence-corrected chi connectivity index (χ0v) is 14.3. The number of nitrogens with one attached hydrogen (secondary N) is 1. The predicted octanol–water partition coefficient (Wildman–Crippen LogP) is 2.83. The third-order valence-electron chi connectivity index (χ3n) is 3.91. The van der Waals surface area contributed by atoms with Crippen LogP contribution in [0.5, 0.6) is 0 Å². The first-order valence-corrected chi connectivity index (χ1v) is 8.93. The van der Waals surface area contributed by atoms with E-state index in [0.717, 1.165) is 21.9 Å². The van der Waals surface area contributed by atoms with E-state index in [-0.39, 0.29) is 5.91 Å². The molecule has 0 aliphatic rings. The molecule has 6 nitrogen and oxygen atoms in total. The Balaban J connectivity index is 1.28. The minimum Gasteiger partial charge on any atom is -0.350 e. The van der Waals surface area contributed by atoms with Crippen LogP contribution in [-0.2, 0) is 17.8 Å². The summed E-state index contributed by atoms with van der Waals surface area (Å²) in [6.07, 6.45) is 8.77. The Morgan fingerprint density at radius 2 is 2.08 bits per heavy atom. The van der Waals surface area contributed by atoms with E-state index in [1.54, 1.807) is 11.3 Å². The van der Waals surface area contributed by atoms with Crippen LogP contribution in [0, 0.1) is 0 Å². The van der Waals surface area contributed by atoms with Gasteiger partial charge in [0.1, 0.15) is 0 Å². The lowest BCUT2D eigenvalue weighted by atomic mass is 10.2. The Morgan fingerprint density at radius 3 is 2.92 bits per heavy atom. The minimum absolute atomic E-state index is 0.0174. The zero-order chi connectivity index (χ0) is 17.1. The summed E-state index contributed by atoms with van der Waals surface area (Å²) in [5.41, 5.74) is 2.93. The lowest BCUT2D eigenvalue weighted by Crippen LogP contribution is -2.23. The van der Waals surface area contributed by atoms with Crippen LogP contribution in [0.4, 0.5) is 0 Å². The van der Waals surface area contributed by atoms with Gasteiger partial charge in [0.25, 0.3) is 0 Å². The molecule has 1 N–H and O–H groups in total. The fraction of sp³-hybridized carbons (Fsp3) is 0.167. The number of carbonyl (C=O) groups excluding carboxylic acids is 1. The SMILES string of the molecule is O=C(CCc1cnn(-c2ccccc2)c1)NCc1cn2ccsc2n1. The van der Waals surface area contributed by atoms with Crippen LogP contribution in [0.15, 0.2) is 60.5 Å². The Morgan fingerprint density at radius 1 is 1.20 bits per heavy atom. The van der Waals surface area contributed by atoms with Gasteiger partial charge in [-0.15, -0.1) is 11.3 Å².